The number of rotatable bonds is 6. The number of nitrogens with zero attached hydrogens (tertiary/aromatic N) is 1. The molecule has 0 aromatic heterocycles. The molecular formula is C24H22F7NO5S. The van der Waals surface area contributed by atoms with Crippen LogP contribution in [0, 0.1) is 5.82 Å². The highest BCUT2D eigenvalue weighted by Crippen LogP contribution is 2.45. The lowest BCUT2D eigenvalue weighted by Gasteiger charge is -2.27. The van der Waals surface area contributed by atoms with Gasteiger partial charge in [-0.25, -0.2) is 4.39 Å². The van der Waals surface area contributed by atoms with Gasteiger partial charge in [0.25, 0.3) is 16.0 Å². The van der Waals surface area contributed by atoms with Crippen LogP contribution in [0.5, 0.6) is 0 Å². The van der Waals surface area contributed by atoms with E-state index < -0.39 is 75.6 Å². The average molecular weight is 569 g/mol. The summed E-state index contributed by atoms with van der Waals surface area (Å²) >= 11 is 0. The molecule has 0 radical (unpaired) electrons. The summed E-state index contributed by atoms with van der Waals surface area (Å²) < 4.78 is 128. The molecule has 2 aliphatic rings. The number of hydrogen-bond acceptors (Lipinski definition) is 5. The molecule has 0 N–H and O–H groups in total. The summed E-state index contributed by atoms with van der Waals surface area (Å²) in [4.78, 5) is 14.2. The maximum Gasteiger partial charge on any atom is 0.416 e. The van der Waals surface area contributed by atoms with E-state index in [1.165, 1.54) is 24.0 Å². The molecule has 2 aromatic rings. The van der Waals surface area contributed by atoms with Gasteiger partial charge in [-0.2, -0.15) is 34.8 Å². The number of amides is 1. The van der Waals surface area contributed by atoms with Crippen LogP contribution in [0.2, 0.25) is 0 Å². The topological polar surface area (TPSA) is 72.9 Å². The van der Waals surface area contributed by atoms with Gasteiger partial charge in [-0.05, 0) is 48.4 Å². The zero-order chi connectivity index (χ0) is 28.2. The molecule has 208 valence electrons. The summed E-state index contributed by atoms with van der Waals surface area (Å²) in [5, 5.41) is 0. The first-order chi connectivity index (χ1) is 17.4. The fraction of sp³-hybridized carbons (Fsp3) is 0.458. The molecule has 0 bridgehead atoms. The number of halogens is 7. The molecule has 2 aromatic carbocycles. The molecule has 5 atom stereocenters. The van der Waals surface area contributed by atoms with Crippen LogP contribution in [0.3, 0.4) is 0 Å². The summed E-state index contributed by atoms with van der Waals surface area (Å²) in [5.74, 6) is -1.90. The molecule has 1 amide bonds. The second kappa shape index (κ2) is 9.79. The first-order valence-corrected chi connectivity index (χ1v) is 13.1. The Morgan fingerprint density at radius 3 is 2.03 bits per heavy atom. The Balaban J connectivity index is 1.67. The third-order valence-electron chi connectivity index (χ3n) is 6.61. The van der Waals surface area contributed by atoms with E-state index in [1.54, 1.807) is 0 Å². The fourth-order valence-electron chi connectivity index (χ4n) is 5.01. The van der Waals surface area contributed by atoms with E-state index in [9.17, 15) is 43.9 Å². The van der Waals surface area contributed by atoms with Crippen LogP contribution < -0.4 is 0 Å². The predicted octanol–water partition coefficient (Wildman–Crippen LogP) is 5.05. The number of carbonyl (C=O) groups excluding carboxylic acids is 1. The van der Waals surface area contributed by atoms with Gasteiger partial charge in [0, 0.05) is 24.9 Å². The van der Waals surface area contributed by atoms with Gasteiger partial charge in [0.1, 0.15) is 5.82 Å². The minimum absolute atomic E-state index is 0.0177. The maximum atomic E-state index is 13.6. The molecule has 1 unspecified atom stereocenters. The van der Waals surface area contributed by atoms with Crippen molar-refractivity contribution in [3.8, 4) is 0 Å². The smallest absolute Gasteiger partial charge is 0.368 e. The standard InChI is InChI=1S/C24H22F7NO5S/c1-12(14-7-15(23(26,27)28)9-16(8-14)24(29,30)31)36-20-11-32-18(10-19(22(32)33)37-38(2,34)35)21(20)13-3-5-17(25)6-4-13/h3-9,12,18-21H,10-11H2,1-2H3/t12-,18+,19?,20+,21+/m1/s1. The molecule has 2 saturated heterocycles. The van der Waals surface area contributed by atoms with Crippen molar-refractivity contribution >= 4 is 16.0 Å². The van der Waals surface area contributed by atoms with E-state index in [4.69, 9.17) is 8.92 Å². The van der Waals surface area contributed by atoms with E-state index in [0.29, 0.717) is 17.7 Å². The Kier molecular flexibility index (Phi) is 7.29. The Bertz CT molecular complexity index is 1280. The summed E-state index contributed by atoms with van der Waals surface area (Å²) in [6.07, 6.45) is -12.8. The monoisotopic (exact) mass is 569 g/mol. The van der Waals surface area contributed by atoms with E-state index in [2.05, 4.69) is 0 Å². The highest BCUT2D eigenvalue weighted by atomic mass is 32.2. The van der Waals surface area contributed by atoms with Crippen molar-refractivity contribution < 1.29 is 52.9 Å². The van der Waals surface area contributed by atoms with Crippen molar-refractivity contribution in [3.05, 3.63) is 70.5 Å². The van der Waals surface area contributed by atoms with Crippen LogP contribution in [0.1, 0.15) is 47.6 Å². The number of alkyl halides is 6. The van der Waals surface area contributed by atoms with E-state index in [0.717, 1.165) is 18.4 Å². The van der Waals surface area contributed by atoms with Gasteiger partial charge >= 0.3 is 12.4 Å². The summed E-state index contributed by atoms with van der Waals surface area (Å²) in [6.45, 7) is 1.16. The van der Waals surface area contributed by atoms with Crippen molar-refractivity contribution in [2.75, 3.05) is 12.8 Å². The number of ether oxygens (including phenoxy) is 1. The fourth-order valence-corrected chi connectivity index (χ4v) is 5.60. The molecule has 0 aliphatic carbocycles. The van der Waals surface area contributed by atoms with Crippen LogP contribution in [0.15, 0.2) is 42.5 Å². The normalized spacial score (nSPS) is 25.1. The quantitative estimate of drug-likeness (QED) is 0.360. The Morgan fingerprint density at radius 1 is 0.974 bits per heavy atom. The second-order valence-corrected chi connectivity index (χ2v) is 10.9. The number of benzene rings is 2. The maximum absolute atomic E-state index is 13.6. The molecule has 6 nitrogen and oxygen atoms in total. The summed E-state index contributed by atoms with van der Waals surface area (Å²) in [5.41, 5.74) is -2.86. The molecular weight excluding hydrogens is 547 g/mol. The van der Waals surface area contributed by atoms with Crippen LogP contribution in [-0.2, 0) is 36.2 Å². The lowest BCUT2D eigenvalue weighted by atomic mass is 9.88. The number of hydrogen-bond donors (Lipinski definition) is 0. The molecule has 38 heavy (non-hydrogen) atoms. The molecule has 14 heteroatoms. The first kappa shape index (κ1) is 28.3. The Labute approximate surface area is 213 Å². The van der Waals surface area contributed by atoms with Gasteiger partial charge < -0.3 is 9.64 Å². The Morgan fingerprint density at radius 2 is 1.53 bits per heavy atom. The van der Waals surface area contributed by atoms with Crippen molar-refractivity contribution in [2.45, 2.75) is 56.0 Å². The largest absolute Gasteiger partial charge is 0.416 e. The predicted molar refractivity (Wildman–Crippen MR) is 119 cm³/mol. The van der Waals surface area contributed by atoms with E-state index in [-0.39, 0.29) is 24.6 Å². The summed E-state index contributed by atoms with van der Waals surface area (Å²) in [6, 6.07) is 5.66. The minimum atomic E-state index is -5.04. The van der Waals surface area contributed by atoms with Crippen molar-refractivity contribution in [2.24, 2.45) is 0 Å². The molecule has 2 heterocycles. The highest BCUT2D eigenvalue weighted by Gasteiger charge is 2.54. The third-order valence-corrected chi connectivity index (χ3v) is 7.19. The molecule has 0 spiro atoms. The Hall–Kier alpha value is -2.71. The minimum Gasteiger partial charge on any atom is -0.368 e. The molecule has 0 saturated carbocycles. The molecule has 2 aliphatic heterocycles. The van der Waals surface area contributed by atoms with Gasteiger partial charge in [0.2, 0.25) is 0 Å². The lowest BCUT2D eigenvalue weighted by molar-refractivity contribution is -0.143. The van der Waals surface area contributed by atoms with Crippen LogP contribution >= 0.6 is 0 Å². The lowest BCUT2D eigenvalue weighted by Crippen LogP contribution is -2.34. The van der Waals surface area contributed by atoms with Crippen LogP contribution in [-0.4, -0.2) is 50.3 Å². The SMILES string of the molecule is C[C@@H](O[C@H]1CN2C(=O)C(OS(C)(=O)=O)C[C@H]2[C@@H]1c1ccc(F)cc1)c1cc(C(F)(F)F)cc(C(F)(F)F)c1. The van der Waals surface area contributed by atoms with Crippen molar-refractivity contribution in [1.82, 2.24) is 4.90 Å². The van der Waals surface area contributed by atoms with E-state index in [1.807, 2.05) is 0 Å². The van der Waals surface area contributed by atoms with Gasteiger partial charge in [0.15, 0.2) is 6.10 Å². The second-order valence-electron chi connectivity index (χ2n) is 9.32. The van der Waals surface area contributed by atoms with Gasteiger partial charge in [-0.3, -0.25) is 8.98 Å². The summed E-state index contributed by atoms with van der Waals surface area (Å²) in [7, 11) is -3.97. The number of fused-ring (bicyclic) bond motifs is 1. The zero-order valence-electron chi connectivity index (χ0n) is 19.9. The van der Waals surface area contributed by atoms with Crippen LogP contribution in [0.4, 0.5) is 30.7 Å². The number of carbonyl (C=O) groups is 1. The highest BCUT2D eigenvalue weighted by molar-refractivity contribution is 7.86. The van der Waals surface area contributed by atoms with Gasteiger partial charge in [-0.15, -0.1) is 0 Å². The molecule has 2 fully saturated rings. The van der Waals surface area contributed by atoms with E-state index >= 15 is 0 Å². The average Bonchev–Trinajstić information content (AvgIpc) is 3.27. The first-order valence-electron chi connectivity index (χ1n) is 11.3. The van der Waals surface area contributed by atoms with Crippen molar-refractivity contribution in [1.29, 1.82) is 0 Å². The molecule has 4 rings (SSSR count). The van der Waals surface area contributed by atoms with Gasteiger partial charge in [-0.1, -0.05) is 12.1 Å². The van der Waals surface area contributed by atoms with Gasteiger partial charge in [0.05, 0.1) is 29.6 Å². The van der Waals surface area contributed by atoms with Crippen LogP contribution in [0.25, 0.3) is 0 Å². The van der Waals surface area contributed by atoms with Crippen molar-refractivity contribution in [3.63, 3.8) is 0 Å². The third kappa shape index (κ3) is 5.96. The zero-order valence-corrected chi connectivity index (χ0v) is 20.7.